The Morgan fingerprint density at radius 2 is 1.41 bits per heavy atom. The van der Waals surface area contributed by atoms with Crippen LogP contribution in [0.3, 0.4) is 0 Å². The molecule has 1 heterocycles. The van der Waals surface area contributed by atoms with Crippen molar-refractivity contribution in [1.29, 1.82) is 0 Å². The minimum absolute atomic E-state index is 0.378. The fraction of sp³-hybridized carbons (Fsp3) is 0.241. The maximum Gasteiger partial charge on any atom is 0.161 e. The zero-order valence-electron chi connectivity index (χ0n) is 24.0. The Morgan fingerprint density at radius 3 is 1.88 bits per heavy atom. The number of aliphatic imine (C=N–C) groups is 1. The normalized spacial score (nSPS) is 11.7. The largest absolute Gasteiger partial charge is 0.497 e. The molecule has 0 amide bonds. The number of nitrogens with one attached hydrogen (secondary N) is 2. The van der Waals surface area contributed by atoms with Gasteiger partial charge in [0.25, 0.3) is 0 Å². The van der Waals surface area contributed by atoms with Gasteiger partial charge in [-0.1, -0.05) is 11.8 Å². The van der Waals surface area contributed by atoms with Gasteiger partial charge in [0.15, 0.2) is 5.17 Å². The van der Waals surface area contributed by atoms with E-state index < -0.39 is 0 Å². The van der Waals surface area contributed by atoms with Crippen LogP contribution in [0, 0.1) is 0 Å². The minimum Gasteiger partial charge on any atom is -0.497 e. The number of aromatic nitrogens is 1. The second-order valence-electron chi connectivity index (χ2n) is 8.04. The van der Waals surface area contributed by atoms with Gasteiger partial charge < -0.3 is 10.1 Å². The Bertz CT molecular complexity index is 1340. The van der Waals surface area contributed by atoms with Crippen molar-refractivity contribution in [2.45, 2.75) is 18.7 Å². The molecule has 0 saturated carbocycles. The van der Waals surface area contributed by atoms with Gasteiger partial charge in [-0.05, 0) is 24.3 Å². The Morgan fingerprint density at radius 1 is 0.878 bits per heavy atom. The number of amidine groups is 2. The Balaban J connectivity index is 0.000000333. The fourth-order valence-electron chi connectivity index (χ4n) is 3.00. The third kappa shape index (κ3) is 12.8. The van der Waals surface area contributed by atoms with Crippen LogP contribution in [0.2, 0.25) is 4.87 Å². The number of pyridine rings is 1. The monoisotopic (exact) mass is 719 g/mol. The first-order valence-corrected chi connectivity index (χ1v) is 20.3. The van der Waals surface area contributed by atoms with Crippen molar-refractivity contribution >= 4 is 85.4 Å². The molecule has 12 heteroatoms. The third-order valence-corrected chi connectivity index (χ3v) is 9.68. The first kappa shape index (κ1) is 34.5. The average Bonchev–Trinajstić information content (AvgIpc) is 3.00. The second kappa shape index (κ2) is 19.5. The quantitative estimate of drug-likeness (QED) is 0.0769. The molecule has 0 atom stereocenters. The fourth-order valence-corrected chi connectivity index (χ4v) is 6.33. The first-order valence-electron chi connectivity index (χ1n) is 12.3. The van der Waals surface area contributed by atoms with Gasteiger partial charge in [0.1, 0.15) is 5.75 Å². The van der Waals surface area contributed by atoms with E-state index in [-0.39, 0.29) is 20.2 Å². The van der Waals surface area contributed by atoms with Gasteiger partial charge in [-0.15, -0.1) is 11.6 Å². The van der Waals surface area contributed by atoms with E-state index in [0.717, 1.165) is 55.9 Å². The average molecular weight is 721 g/mol. The van der Waals surface area contributed by atoms with Gasteiger partial charge in [-0.2, -0.15) is 0 Å². The number of anilines is 2. The molecule has 0 bridgehead atoms. The van der Waals surface area contributed by atoms with E-state index in [1.807, 2.05) is 80.6 Å². The van der Waals surface area contributed by atoms with Gasteiger partial charge in [0.2, 0.25) is 0 Å². The molecule has 0 aliphatic carbocycles. The number of rotatable bonds is 9. The van der Waals surface area contributed by atoms with Gasteiger partial charge in [0, 0.05) is 12.7 Å². The summed E-state index contributed by atoms with van der Waals surface area (Å²) < 4.78 is 10.2. The second-order valence-corrected chi connectivity index (χ2v) is 15.2. The van der Waals surface area contributed by atoms with Crippen LogP contribution in [0.25, 0.3) is 5.57 Å². The molecule has 0 spiro atoms. The number of allylic oxidation sites excluding steroid dienone is 1. The molecule has 2 aromatic carbocycles. The number of benzene rings is 2. The van der Waals surface area contributed by atoms with Crippen molar-refractivity contribution in [1.82, 2.24) is 4.98 Å². The zero-order valence-corrected chi connectivity index (χ0v) is 29.0. The molecule has 0 fully saturated rings. The topological polar surface area (TPSA) is 92.5 Å². The van der Waals surface area contributed by atoms with Crippen molar-refractivity contribution in [2.75, 3.05) is 37.1 Å². The summed E-state index contributed by atoms with van der Waals surface area (Å²) in [4.78, 5) is 10.9. The van der Waals surface area contributed by atoms with E-state index in [0.29, 0.717) is 5.21 Å². The molecule has 217 valence electrons. The summed E-state index contributed by atoms with van der Waals surface area (Å²) in [6.07, 6.45) is 0. The molecule has 0 unspecified atom stereocenters. The van der Waals surface area contributed by atoms with Crippen LogP contribution in [0.1, 0.15) is 25.2 Å². The predicted octanol–water partition coefficient (Wildman–Crippen LogP) is 7.74. The first-order chi connectivity index (χ1) is 19.8. The van der Waals surface area contributed by atoms with Gasteiger partial charge >= 0.3 is 168 Å². The van der Waals surface area contributed by atoms with Crippen LogP contribution >= 0.6 is 32.2 Å². The zero-order chi connectivity index (χ0) is 30.0. The molecule has 1 radical (unpaired) electrons. The summed E-state index contributed by atoms with van der Waals surface area (Å²) in [5.74, 6) is 1.66. The predicted molar refractivity (Wildman–Crippen MR) is 183 cm³/mol. The maximum absolute atomic E-state index is 5.61. The number of thioether (sulfide) groups is 1. The van der Waals surface area contributed by atoms with Crippen LogP contribution in [0.4, 0.5) is 11.4 Å². The van der Waals surface area contributed by atoms with Crippen molar-refractivity contribution in [2.24, 2.45) is 15.2 Å². The summed E-state index contributed by atoms with van der Waals surface area (Å²) in [7, 11) is 6.77. The van der Waals surface area contributed by atoms with Crippen LogP contribution < -0.4 is 20.1 Å². The van der Waals surface area contributed by atoms with E-state index in [9.17, 15) is 0 Å². The van der Waals surface area contributed by atoms with E-state index in [1.54, 1.807) is 30.1 Å². The smallest absolute Gasteiger partial charge is 0.161 e. The Labute approximate surface area is 265 Å². The van der Waals surface area contributed by atoms with Crippen LogP contribution in [0.5, 0.6) is 11.5 Å². The Hall–Kier alpha value is -2.65. The molecular weight excluding hydrogens is 686 g/mol. The molecule has 3 aromatic rings. The molecule has 1 aromatic heterocycles. The summed E-state index contributed by atoms with van der Waals surface area (Å²) in [6.45, 7) is 7.79. The van der Waals surface area contributed by atoms with Crippen LogP contribution in [0.15, 0.2) is 88.5 Å². The number of methoxy groups -OCH3 is 2. The maximum atomic E-state index is 5.61. The van der Waals surface area contributed by atoms with Crippen molar-refractivity contribution in [3.05, 3.63) is 84.7 Å². The number of nitrogens with zero attached hydrogens (tertiary/aromatic N) is 4. The number of hydrogen-bond donors (Lipinski definition) is 2. The van der Waals surface area contributed by atoms with Crippen molar-refractivity contribution < 1.29 is 9.47 Å². The SMILES string of the molecule is C=C(C)c1cccc(/C(C)=N/N=C(/Nc2ccc(OC)cc2)[S][Sb][CH3])n1.CN=C(Nc1ccc(OC)cc1)SCCl. The van der Waals surface area contributed by atoms with E-state index in [4.69, 9.17) is 21.1 Å². The van der Waals surface area contributed by atoms with Crippen molar-refractivity contribution in [3.63, 3.8) is 0 Å². The standard InChI is InChI=1S/C18H20N4OS.C10H13ClN2OS.CH3.Sb/c1-12(2)16-6-5-7-17(20-16)13(3)21-22-18(24)19-14-8-10-15(23-4)11-9-14;1-12-10(15-7-11)13-8-3-5-9(14-2)6-4-8;;/h5-11H,1H2,2-4H3,(H2,19,22,24);3-6H,7H2,1-2H3,(H,12,13);1H3;/q;;;+1/p-1/b21-13+;;;. The Kier molecular flexibility index (Phi) is 16.4. The summed E-state index contributed by atoms with van der Waals surface area (Å²) in [6, 6.07) is 21.2. The number of ether oxygens (including phenoxy) is 2. The summed E-state index contributed by atoms with van der Waals surface area (Å²) in [5.41, 5.74) is 5.29. The molecule has 3 rings (SSSR count). The molecular formula is C29H35ClN6O2S2Sb. The molecule has 8 nitrogen and oxygen atoms in total. The third-order valence-electron chi connectivity index (χ3n) is 5.10. The van der Waals surface area contributed by atoms with E-state index in [2.05, 4.69) is 42.3 Å². The van der Waals surface area contributed by atoms with Crippen LogP contribution in [-0.4, -0.2) is 67.7 Å². The van der Waals surface area contributed by atoms with Gasteiger partial charge in [0.05, 0.1) is 12.3 Å². The van der Waals surface area contributed by atoms with E-state index in [1.165, 1.54) is 11.8 Å². The van der Waals surface area contributed by atoms with Gasteiger partial charge in [-0.25, -0.2) is 0 Å². The summed E-state index contributed by atoms with van der Waals surface area (Å²) >= 11 is 6.69. The van der Waals surface area contributed by atoms with Crippen LogP contribution in [-0.2, 0) is 0 Å². The van der Waals surface area contributed by atoms with Crippen molar-refractivity contribution in [3.8, 4) is 11.5 Å². The molecule has 0 aliphatic heterocycles. The number of alkyl halides is 1. The van der Waals surface area contributed by atoms with Gasteiger partial charge in [-0.3, -0.25) is 4.99 Å². The number of hydrogen-bond acceptors (Lipinski definition) is 8. The molecule has 0 aliphatic rings. The number of halogens is 1. The molecule has 41 heavy (non-hydrogen) atoms. The molecule has 2 N–H and O–H groups in total. The van der Waals surface area contributed by atoms with E-state index >= 15 is 0 Å². The molecule has 0 saturated heterocycles. The summed E-state index contributed by atoms with van der Waals surface area (Å²) in [5, 5.41) is 17.3. The minimum atomic E-state index is -0.378.